The van der Waals surface area contributed by atoms with Crippen molar-refractivity contribution < 1.29 is 4.74 Å². The second-order valence-electron chi connectivity index (χ2n) is 4.15. The third kappa shape index (κ3) is 3.47. The molecule has 1 atom stereocenters. The number of methoxy groups -OCH3 is 1. The Kier molecular flexibility index (Phi) is 4.80. The van der Waals surface area contributed by atoms with Gasteiger partial charge in [-0.25, -0.2) is 4.98 Å². The molecule has 2 N–H and O–H groups in total. The molecule has 0 bridgehead atoms. The van der Waals surface area contributed by atoms with E-state index in [0.29, 0.717) is 17.3 Å². The van der Waals surface area contributed by atoms with Gasteiger partial charge in [0, 0.05) is 27.3 Å². The lowest BCUT2D eigenvalue weighted by atomic mass is 10.0. The van der Waals surface area contributed by atoms with Crippen molar-refractivity contribution >= 4 is 27.5 Å². The number of halogens is 2. The number of nitrogens with zero attached hydrogens (tertiary/aromatic N) is 1. The molecule has 3 nitrogen and oxygen atoms in total. The average molecular weight is 342 g/mol. The number of hydrogen-bond acceptors (Lipinski definition) is 3. The molecule has 0 aliphatic rings. The predicted octanol–water partition coefficient (Wildman–Crippen LogP) is 3.75. The van der Waals surface area contributed by atoms with Gasteiger partial charge in [-0.1, -0.05) is 39.7 Å². The fraction of sp³-hybridized carbons (Fsp3) is 0.214. The van der Waals surface area contributed by atoms with Crippen LogP contribution < -0.4 is 10.5 Å². The largest absolute Gasteiger partial charge is 0.481 e. The minimum atomic E-state index is -0.206. The summed E-state index contributed by atoms with van der Waals surface area (Å²) in [5.41, 5.74) is 8.10. The molecule has 1 aromatic heterocycles. The lowest BCUT2D eigenvalue weighted by Gasteiger charge is -2.15. The van der Waals surface area contributed by atoms with Crippen LogP contribution in [0.1, 0.15) is 17.2 Å². The summed E-state index contributed by atoms with van der Waals surface area (Å²) in [7, 11) is 1.59. The van der Waals surface area contributed by atoms with Crippen LogP contribution in [0.2, 0.25) is 5.02 Å². The molecule has 5 heteroatoms. The smallest absolute Gasteiger partial charge is 0.217 e. The Bertz CT molecular complexity index is 577. The maximum Gasteiger partial charge on any atom is 0.217 e. The highest BCUT2D eigenvalue weighted by molar-refractivity contribution is 9.10. The van der Waals surface area contributed by atoms with Gasteiger partial charge in [0.25, 0.3) is 0 Å². The fourth-order valence-electron chi connectivity index (χ4n) is 1.89. The minimum absolute atomic E-state index is 0.206. The third-order valence-electron chi connectivity index (χ3n) is 2.85. The second-order valence-corrected chi connectivity index (χ2v) is 5.47. The van der Waals surface area contributed by atoms with Crippen molar-refractivity contribution in [3.63, 3.8) is 0 Å². The van der Waals surface area contributed by atoms with Crippen LogP contribution in [0.15, 0.2) is 41.0 Å². The van der Waals surface area contributed by atoms with Gasteiger partial charge < -0.3 is 10.5 Å². The third-order valence-corrected chi connectivity index (χ3v) is 3.69. The summed E-state index contributed by atoms with van der Waals surface area (Å²) in [6, 6.07) is 9.35. The van der Waals surface area contributed by atoms with E-state index in [4.69, 9.17) is 22.1 Å². The van der Waals surface area contributed by atoms with E-state index in [1.807, 2.05) is 30.3 Å². The molecule has 0 saturated carbocycles. The topological polar surface area (TPSA) is 48.1 Å². The van der Waals surface area contributed by atoms with Crippen molar-refractivity contribution in [3.8, 4) is 5.88 Å². The molecule has 0 radical (unpaired) electrons. The van der Waals surface area contributed by atoms with E-state index in [1.54, 1.807) is 13.3 Å². The number of ether oxygens (including phenoxy) is 1. The Morgan fingerprint density at radius 1 is 1.42 bits per heavy atom. The van der Waals surface area contributed by atoms with Crippen LogP contribution in [0.3, 0.4) is 0 Å². The number of rotatable bonds is 4. The van der Waals surface area contributed by atoms with Crippen LogP contribution in [0.25, 0.3) is 0 Å². The highest BCUT2D eigenvalue weighted by Crippen LogP contribution is 2.28. The van der Waals surface area contributed by atoms with Crippen LogP contribution >= 0.6 is 27.5 Å². The van der Waals surface area contributed by atoms with Crippen LogP contribution in [-0.2, 0) is 6.42 Å². The molecule has 1 heterocycles. The molecule has 0 saturated heterocycles. The summed E-state index contributed by atoms with van der Waals surface area (Å²) in [4.78, 5) is 4.15. The van der Waals surface area contributed by atoms with Gasteiger partial charge in [0.2, 0.25) is 5.88 Å². The van der Waals surface area contributed by atoms with Crippen molar-refractivity contribution in [1.82, 2.24) is 4.98 Å². The lowest BCUT2D eigenvalue weighted by Crippen LogP contribution is -2.15. The molecule has 0 aliphatic carbocycles. The Morgan fingerprint density at radius 2 is 2.21 bits per heavy atom. The molecule has 2 aromatic rings. The second kappa shape index (κ2) is 6.37. The number of nitrogens with two attached hydrogens (primary N) is 1. The van der Waals surface area contributed by atoms with Crippen LogP contribution in [-0.4, -0.2) is 12.1 Å². The molecular weight excluding hydrogens is 328 g/mol. The van der Waals surface area contributed by atoms with Crippen molar-refractivity contribution in [2.24, 2.45) is 5.73 Å². The number of pyridine rings is 1. The van der Waals surface area contributed by atoms with Gasteiger partial charge in [-0.05, 0) is 30.2 Å². The molecule has 0 spiro atoms. The summed E-state index contributed by atoms with van der Waals surface area (Å²) in [5, 5.41) is 0.702. The zero-order chi connectivity index (χ0) is 13.8. The van der Waals surface area contributed by atoms with E-state index in [-0.39, 0.29) is 6.04 Å². The van der Waals surface area contributed by atoms with E-state index >= 15 is 0 Å². The summed E-state index contributed by atoms with van der Waals surface area (Å²) in [6.45, 7) is 0. The van der Waals surface area contributed by atoms with Gasteiger partial charge in [-0.15, -0.1) is 0 Å². The van der Waals surface area contributed by atoms with Gasteiger partial charge in [-0.2, -0.15) is 0 Å². The van der Waals surface area contributed by atoms with E-state index in [0.717, 1.165) is 15.6 Å². The van der Waals surface area contributed by atoms with Crippen molar-refractivity contribution in [3.05, 3.63) is 57.2 Å². The molecule has 100 valence electrons. The standard InChI is InChI=1S/C14H14BrClN2O/c1-19-14-11(3-2-6-18-14)13(17)7-9-4-5-10(15)8-12(9)16/h2-6,8,13H,7,17H2,1H3. The first kappa shape index (κ1) is 14.3. The van der Waals surface area contributed by atoms with E-state index in [2.05, 4.69) is 20.9 Å². The monoisotopic (exact) mass is 340 g/mol. The first-order chi connectivity index (χ1) is 9.11. The summed E-state index contributed by atoms with van der Waals surface area (Å²) in [6.07, 6.45) is 2.32. The van der Waals surface area contributed by atoms with Crippen LogP contribution in [0, 0.1) is 0 Å². The molecule has 2 rings (SSSR count). The number of hydrogen-bond donors (Lipinski definition) is 1. The molecule has 19 heavy (non-hydrogen) atoms. The van der Waals surface area contributed by atoms with E-state index in [9.17, 15) is 0 Å². The normalized spacial score (nSPS) is 12.2. The summed E-state index contributed by atoms with van der Waals surface area (Å²) in [5.74, 6) is 0.559. The van der Waals surface area contributed by atoms with Crippen LogP contribution in [0.4, 0.5) is 0 Å². The average Bonchev–Trinajstić information content (AvgIpc) is 2.41. The van der Waals surface area contributed by atoms with Gasteiger partial charge in [-0.3, -0.25) is 0 Å². The maximum absolute atomic E-state index is 6.22. The van der Waals surface area contributed by atoms with Crippen molar-refractivity contribution in [1.29, 1.82) is 0 Å². The maximum atomic E-state index is 6.22. The quantitative estimate of drug-likeness (QED) is 0.921. The molecule has 0 fully saturated rings. The molecule has 1 aromatic carbocycles. The van der Waals surface area contributed by atoms with Crippen LogP contribution in [0.5, 0.6) is 5.88 Å². The Hall–Kier alpha value is -1.10. The van der Waals surface area contributed by atoms with Gasteiger partial charge in [0.15, 0.2) is 0 Å². The molecule has 0 aliphatic heterocycles. The Morgan fingerprint density at radius 3 is 2.89 bits per heavy atom. The molecule has 1 unspecified atom stereocenters. The van der Waals surface area contributed by atoms with E-state index < -0.39 is 0 Å². The highest BCUT2D eigenvalue weighted by Gasteiger charge is 2.14. The molecule has 0 amide bonds. The zero-order valence-corrected chi connectivity index (χ0v) is 12.8. The summed E-state index contributed by atoms with van der Waals surface area (Å²) < 4.78 is 6.17. The van der Waals surface area contributed by atoms with E-state index in [1.165, 1.54) is 0 Å². The first-order valence-corrected chi connectivity index (χ1v) is 6.97. The Balaban J connectivity index is 2.23. The van der Waals surface area contributed by atoms with Crippen molar-refractivity contribution in [2.45, 2.75) is 12.5 Å². The Labute approximate surface area is 125 Å². The zero-order valence-electron chi connectivity index (χ0n) is 10.4. The van der Waals surface area contributed by atoms with Gasteiger partial charge >= 0.3 is 0 Å². The minimum Gasteiger partial charge on any atom is -0.481 e. The highest BCUT2D eigenvalue weighted by atomic mass is 79.9. The number of aromatic nitrogens is 1. The molecular formula is C14H14BrClN2O. The predicted molar refractivity (Wildman–Crippen MR) is 80.6 cm³/mol. The first-order valence-electron chi connectivity index (χ1n) is 5.80. The van der Waals surface area contributed by atoms with Crippen molar-refractivity contribution in [2.75, 3.05) is 7.11 Å². The lowest BCUT2D eigenvalue weighted by molar-refractivity contribution is 0.388. The SMILES string of the molecule is COc1ncccc1C(N)Cc1ccc(Br)cc1Cl. The van der Waals surface area contributed by atoms with Gasteiger partial charge in [0.05, 0.1) is 7.11 Å². The summed E-state index contributed by atoms with van der Waals surface area (Å²) >= 11 is 9.59. The fourth-order valence-corrected chi connectivity index (χ4v) is 2.64. The van der Waals surface area contributed by atoms with Gasteiger partial charge in [0.1, 0.15) is 0 Å². The number of benzene rings is 1.